The summed E-state index contributed by atoms with van der Waals surface area (Å²) in [6, 6.07) is 7.25. The minimum atomic E-state index is -1.02. The largest absolute Gasteiger partial charge is 0.489 e. The van der Waals surface area contributed by atoms with Crippen molar-refractivity contribution in [3.8, 4) is 5.75 Å². The van der Waals surface area contributed by atoms with Gasteiger partial charge in [-0.25, -0.2) is 4.39 Å². The van der Waals surface area contributed by atoms with E-state index in [0.717, 1.165) is 12.1 Å². The summed E-state index contributed by atoms with van der Waals surface area (Å²) >= 11 is 5.81. The number of nitrogens with zero attached hydrogens (tertiary/aromatic N) is 1. The quantitative estimate of drug-likeness (QED) is 0.630. The SMILES string of the molecule is O=[N+]([O-])c1ccc(OCc2c(F)cccc2Cl)cc1F. The minimum absolute atomic E-state index is 0.0485. The number of ether oxygens (including phenoxy) is 1. The van der Waals surface area contributed by atoms with E-state index in [1.165, 1.54) is 24.3 Å². The Hall–Kier alpha value is -2.21. The van der Waals surface area contributed by atoms with Crippen molar-refractivity contribution >= 4 is 17.3 Å². The molecule has 2 rings (SSSR count). The number of nitro benzene ring substituents is 1. The molecule has 0 amide bonds. The first kappa shape index (κ1) is 14.2. The van der Waals surface area contributed by atoms with Gasteiger partial charge in [0.1, 0.15) is 18.2 Å². The standard InChI is InChI=1S/C13H8ClF2NO3/c14-10-2-1-3-11(15)9(10)7-20-8-4-5-13(17(18)19)12(16)6-8/h1-6H,7H2. The molecule has 0 spiro atoms. The van der Waals surface area contributed by atoms with E-state index in [1.807, 2.05) is 0 Å². The van der Waals surface area contributed by atoms with Crippen LogP contribution in [0.1, 0.15) is 5.56 Å². The van der Waals surface area contributed by atoms with Crippen molar-refractivity contribution in [1.29, 1.82) is 0 Å². The van der Waals surface area contributed by atoms with Crippen LogP contribution in [0.25, 0.3) is 0 Å². The Morgan fingerprint density at radius 3 is 2.55 bits per heavy atom. The lowest BCUT2D eigenvalue weighted by Gasteiger charge is -2.08. The van der Waals surface area contributed by atoms with Gasteiger partial charge in [-0.2, -0.15) is 4.39 Å². The van der Waals surface area contributed by atoms with Crippen molar-refractivity contribution in [2.24, 2.45) is 0 Å². The average molecular weight is 300 g/mol. The molecule has 0 aliphatic heterocycles. The van der Waals surface area contributed by atoms with Crippen LogP contribution in [-0.2, 0) is 6.61 Å². The van der Waals surface area contributed by atoms with E-state index in [0.29, 0.717) is 0 Å². The number of hydrogen-bond donors (Lipinski definition) is 0. The van der Waals surface area contributed by atoms with Gasteiger partial charge in [-0.1, -0.05) is 17.7 Å². The van der Waals surface area contributed by atoms with Crippen LogP contribution in [0.3, 0.4) is 0 Å². The van der Waals surface area contributed by atoms with Crippen LogP contribution in [0.5, 0.6) is 5.75 Å². The number of rotatable bonds is 4. The zero-order valence-corrected chi connectivity index (χ0v) is 10.7. The van der Waals surface area contributed by atoms with E-state index in [4.69, 9.17) is 16.3 Å². The second-order valence-electron chi connectivity index (χ2n) is 3.86. The maximum atomic E-state index is 13.5. The molecule has 0 unspecified atom stereocenters. The van der Waals surface area contributed by atoms with E-state index >= 15 is 0 Å². The van der Waals surface area contributed by atoms with E-state index in [2.05, 4.69) is 0 Å². The molecule has 0 aromatic heterocycles. The Kier molecular flexibility index (Phi) is 4.14. The van der Waals surface area contributed by atoms with Gasteiger partial charge in [-0.15, -0.1) is 0 Å². The second-order valence-corrected chi connectivity index (χ2v) is 4.27. The highest BCUT2D eigenvalue weighted by Gasteiger charge is 2.15. The van der Waals surface area contributed by atoms with Gasteiger partial charge in [0.25, 0.3) is 0 Å². The van der Waals surface area contributed by atoms with Crippen LogP contribution in [-0.4, -0.2) is 4.92 Å². The second kappa shape index (κ2) is 5.83. The molecule has 4 nitrogen and oxygen atoms in total. The predicted molar refractivity (Wildman–Crippen MR) is 68.8 cm³/mol. The molecule has 0 aliphatic carbocycles. The van der Waals surface area contributed by atoms with Gasteiger partial charge in [-0.3, -0.25) is 10.1 Å². The molecule has 2 aromatic rings. The summed E-state index contributed by atoms with van der Waals surface area (Å²) in [6.07, 6.45) is 0. The van der Waals surface area contributed by atoms with Crippen LogP contribution < -0.4 is 4.74 Å². The van der Waals surface area contributed by atoms with Crippen LogP contribution in [0.15, 0.2) is 36.4 Å². The van der Waals surface area contributed by atoms with Crippen LogP contribution in [0.2, 0.25) is 5.02 Å². The van der Waals surface area contributed by atoms with Gasteiger partial charge in [-0.05, 0) is 18.2 Å². The molecule has 0 bridgehead atoms. The number of hydrogen-bond acceptors (Lipinski definition) is 3. The van der Waals surface area contributed by atoms with E-state index in [9.17, 15) is 18.9 Å². The number of halogens is 3. The first-order valence-electron chi connectivity index (χ1n) is 5.48. The lowest BCUT2D eigenvalue weighted by atomic mass is 10.2. The van der Waals surface area contributed by atoms with Gasteiger partial charge >= 0.3 is 5.69 Å². The lowest BCUT2D eigenvalue weighted by Crippen LogP contribution is -2.00. The maximum Gasteiger partial charge on any atom is 0.305 e. The molecule has 20 heavy (non-hydrogen) atoms. The molecule has 0 aliphatic rings. The van der Waals surface area contributed by atoms with Crippen molar-refractivity contribution in [2.75, 3.05) is 0 Å². The van der Waals surface area contributed by atoms with Crippen LogP contribution >= 0.6 is 11.6 Å². The topological polar surface area (TPSA) is 52.4 Å². The molecule has 0 radical (unpaired) electrons. The van der Waals surface area contributed by atoms with E-state index in [-0.39, 0.29) is 22.9 Å². The highest BCUT2D eigenvalue weighted by molar-refractivity contribution is 6.31. The van der Waals surface area contributed by atoms with Crippen molar-refractivity contribution in [1.82, 2.24) is 0 Å². The predicted octanol–water partition coefficient (Wildman–Crippen LogP) is 4.11. The lowest BCUT2D eigenvalue weighted by molar-refractivity contribution is -0.387. The molecule has 7 heteroatoms. The first-order valence-corrected chi connectivity index (χ1v) is 5.86. The molecular formula is C13H8ClF2NO3. The molecule has 0 saturated heterocycles. The van der Waals surface area contributed by atoms with Gasteiger partial charge in [0.2, 0.25) is 5.82 Å². The summed E-state index contributed by atoms with van der Waals surface area (Å²) in [4.78, 5) is 9.62. The third-order valence-corrected chi connectivity index (χ3v) is 2.91. The number of nitro groups is 1. The summed E-state index contributed by atoms with van der Waals surface area (Å²) in [5.74, 6) is -1.51. The highest BCUT2D eigenvalue weighted by atomic mass is 35.5. The van der Waals surface area contributed by atoms with Gasteiger partial charge in [0, 0.05) is 17.7 Å². The van der Waals surface area contributed by atoms with Crippen molar-refractivity contribution in [3.05, 3.63) is 68.7 Å². The van der Waals surface area contributed by atoms with Gasteiger partial charge in [0.05, 0.1) is 9.95 Å². The van der Waals surface area contributed by atoms with E-state index < -0.39 is 22.2 Å². The maximum absolute atomic E-state index is 13.5. The fourth-order valence-corrected chi connectivity index (χ4v) is 1.77. The normalized spacial score (nSPS) is 10.3. The Morgan fingerprint density at radius 1 is 1.20 bits per heavy atom. The Bertz CT molecular complexity index is 644. The average Bonchev–Trinajstić information content (AvgIpc) is 2.37. The summed E-state index contributed by atoms with van der Waals surface area (Å²) in [5.41, 5.74) is -0.519. The molecule has 0 N–H and O–H groups in total. The summed E-state index contributed by atoms with van der Waals surface area (Å²) in [6.45, 7) is -0.206. The molecule has 0 atom stereocenters. The summed E-state index contributed by atoms with van der Waals surface area (Å²) in [7, 11) is 0. The molecule has 2 aromatic carbocycles. The van der Waals surface area contributed by atoms with Crippen molar-refractivity contribution in [2.45, 2.75) is 6.61 Å². The zero-order valence-electron chi connectivity index (χ0n) is 9.98. The first-order chi connectivity index (χ1) is 9.49. The zero-order chi connectivity index (χ0) is 14.7. The Balaban J connectivity index is 2.16. The molecule has 0 saturated carbocycles. The summed E-state index contributed by atoms with van der Waals surface area (Å²) < 4.78 is 32.0. The molecular weight excluding hydrogens is 292 g/mol. The molecule has 0 fully saturated rings. The molecule has 0 heterocycles. The van der Waals surface area contributed by atoms with Crippen molar-refractivity contribution in [3.63, 3.8) is 0 Å². The smallest absolute Gasteiger partial charge is 0.305 e. The molecule has 104 valence electrons. The van der Waals surface area contributed by atoms with Crippen molar-refractivity contribution < 1.29 is 18.4 Å². The third kappa shape index (κ3) is 3.03. The number of benzene rings is 2. The van der Waals surface area contributed by atoms with Crippen LogP contribution in [0.4, 0.5) is 14.5 Å². The fraction of sp³-hybridized carbons (Fsp3) is 0.0769. The van der Waals surface area contributed by atoms with E-state index in [1.54, 1.807) is 0 Å². The fourth-order valence-electron chi connectivity index (χ4n) is 1.55. The minimum Gasteiger partial charge on any atom is -0.489 e. The van der Waals surface area contributed by atoms with Gasteiger partial charge in [0.15, 0.2) is 0 Å². The Morgan fingerprint density at radius 2 is 1.95 bits per heavy atom. The van der Waals surface area contributed by atoms with Crippen LogP contribution in [0, 0.1) is 21.7 Å². The summed E-state index contributed by atoms with van der Waals surface area (Å²) in [5, 5.41) is 10.6. The Labute approximate surface area is 117 Å². The monoisotopic (exact) mass is 299 g/mol. The third-order valence-electron chi connectivity index (χ3n) is 2.56. The van der Waals surface area contributed by atoms with Gasteiger partial charge < -0.3 is 4.74 Å². The highest BCUT2D eigenvalue weighted by Crippen LogP contribution is 2.25.